The van der Waals surface area contributed by atoms with E-state index in [4.69, 9.17) is 10.00 Å². The van der Waals surface area contributed by atoms with Gasteiger partial charge in [-0.2, -0.15) is 5.26 Å². The van der Waals surface area contributed by atoms with Gasteiger partial charge >= 0.3 is 0 Å². The van der Waals surface area contributed by atoms with Crippen molar-refractivity contribution in [3.05, 3.63) is 30.1 Å². The van der Waals surface area contributed by atoms with E-state index in [0.717, 1.165) is 55.9 Å². The third-order valence-electron chi connectivity index (χ3n) is 6.05. The Labute approximate surface area is 166 Å². The summed E-state index contributed by atoms with van der Waals surface area (Å²) in [6.07, 6.45) is 8.89. The number of nitrogens with one attached hydrogen (secondary N) is 1. The summed E-state index contributed by atoms with van der Waals surface area (Å²) in [7, 11) is 0. The Kier molecular flexibility index (Phi) is 6.35. The highest BCUT2D eigenvalue weighted by atomic mass is 16.5. The molecule has 2 heterocycles. The van der Waals surface area contributed by atoms with Gasteiger partial charge in [-0.25, -0.2) is 9.97 Å². The van der Waals surface area contributed by atoms with Gasteiger partial charge in [-0.1, -0.05) is 6.07 Å². The van der Waals surface area contributed by atoms with E-state index in [1.54, 1.807) is 6.33 Å². The van der Waals surface area contributed by atoms with E-state index >= 15 is 0 Å². The normalized spacial score (nSPS) is 23.4. The zero-order chi connectivity index (χ0) is 19.2. The Hall–Kier alpha value is -2.23. The van der Waals surface area contributed by atoms with E-state index in [2.05, 4.69) is 44.5 Å². The maximum Gasteiger partial charge on any atom is 0.137 e. The zero-order valence-electron chi connectivity index (χ0n) is 16.4. The van der Waals surface area contributed by atoms with Crippen molar-refractivity contribution in [1.29, 1.82) is 5.26 Å². The highest BCUT2D eigenvalue weighted by molar-refractivity contribution is 5.89. The number of anilines is 1. The summed E-state index contributed by atoms with van der Waals surface area (Å²) in [5, 5.41) is 13.5. The molecule has 0 bridgehead atoms. The molecule has 2 aliphatic rings. The second kappa shape index (κ2) is 9.31. The molecule has 2 fully saturated rings. The Bertz CT molecular complexity index is 819. The van der Waals surface area contributed by atoms with Crippen LogP contribution in [0.5, 0.6) is 0 Å². The summed E-state index contributed by atoms with van der Waals surface area (Å²) in [5.74, 6) is 0.946. The van der Waals surface area contributed by atoms with Gasteiger partial charge in [0.05, 0.1) is 24.8 Å². The summed E-state index contributed by atoms with van der Waals surface area (Å²) >= 11 is 0. The highest BCUT2D eigenvalue weighted by Crippen LogP contribution is 2.28. The van der Waals surface area contributed by atoms with E-state index in [9.17, 15) is 0 Å². The van der Waals surface area contributed by atoms with Crippen molar-refractivity contribution in [2.24, 2.45) is 0 Å². The van der Waals surface area contributed by atoms with Crippen molar-refractivity contribution in [2.75, 3.05) is 31.6 Å². The standard InChI is InChI=1S/C22H29N5O/c23-10-2-1-3-17-4-9-21-20(15-17)22(25-16-24-21)26-18-5-7-19(8-6-18)27-11-13-28-14-12-27/h4,9,15-16,18-19H,1-3,5-8,11-14H2,(H,24,25,26)/t18-,19-. The predicted molar refractivity (Wildman–Crippen MR) is 110 cm³/mol. The molecule has 6 heteroatoms. The SMILES string of the molecule is N#CCCCc1ccc2ncnc(N[C@H]3CC[C@H](N4CCOCC4)CC3)c2c1. The minimum absolute atomic E-state index is 0.470. The van der Waals surface area contributed by atoms with Crippen molar-refractivity contribution in [2.45, 2.75) is 57.0 Å². The smallest absolute Gasteiger partial charge is 0.137 e. The molecule has 4 rings (SSSR count). The molecule has 1 saturated carbocycles. The van der Waals surface area contributed by atoms with Gasteiger partial charge in [0.2, 0.25) is 0 Å². The van der Waals surface area contributed by atoms with Crippen LogP contribution in [0.4, 0.5) is 5.82 Å². The molecular weight excluding hydrogens is 350 g/mol. The lowest BCUT2D eigenvalue weighted by Gasteiger charge is -2.39. The average Bonchev–Trinajstić information content (AvgIpc) is 2.75. The van der Waals surface area contributed by atoms with Crippen LogP contribution in [0.25, 0.3) is 10.9 Å². The van der Waals surface area contributed by atoms with Crippen LogP contribution in [0.1, 0.15) is 44.1 Å². The number of rotatable bonds is 6. The predicted octanol–water partition coefficient (Wildman–Crippen LogP) is 3.53. The molecule has 148 valence electrons. The number of benzene rings is 1. The van der Waals surface area contributed by atoms with E-state index in [-0.39, 0.29) is 0 Å². The molecular formula is C22H29N5O. The molecule has 1 aliphatic carbocycles. The fourth-order valence-electron chi connectivity index (χ4n) is 4.47. The Morgan fingerprint density at radius 3 is 2.75 bits per heavy atom. The third kappa shape index (κ3) is 4.60. The number of nitrogens with zero attached hydrogens (tertiary/aromatic N) is 4. The summed E-state index contributed by atoms with van der Waals surface area (Å²) < 4.78 is 5.49. The van der Waals surface area contributed by atoms with Crippen LogP contribution >= 0.6 is 0 Å². The molecule has 0 radical (unpaired) electrons. The fraction of sp³-hybridized carbons (Fsp3) is 0.591. The molecule has 0 spiro atoms. The van der Waals surface area contributed by atoms with E-state index < -0.39 is 0 Å². The van der Waals surface area contributed by atoms with Crippen molar-refractivity contribution in [3.63, 3.8) is 0 Å². The molecule has 0 unspecified atom stereocenters. The van der Waals surface area contributed by atoms with Crippen LogP contribution in [0.3, 0.4) is 0 Å². The third-order valence-corrected chi connectivity index (χ3v) is 6.05. The first-order valence-electron chi connectivity index (χ1n) is 10.5. The highest BCUT2D eigenvalue weighted by Gasteiger charge is 2.27. The zero-order valence-corrected chi connectivity index (χ0v) is 16.4. The fourth-order valence-corrected chi connectivity index (χ4v) is 4.47. The maximum absolute atomic E-state index is 8.76. The van der Waals surface area contributed by atoms with Crippen LogP contribution in [0.2, 0.25) is 0 Å². The largest absolute Gasteiger partial charge is 0.379 e. The number of hydrogen-bond acceptors (Lipinski definition) is 6. The Morgan fingerprint density at radius 1 is 1.14 bits per heavy atom. The minimum atomic E-state index is 0.470. The van der Waals surface area contributed by atoms with Crippen molar-refractivity contribution >= 4 is 16.7 Å². The first kappa shape index (κ1) is 19.1. The quantitative estimate of drug-likeness (QED) is 0.774. The molecule has 1 aromatic heterocycles. The van der Waals surface area contributed by atoms with Crippen LogP contribution in [0.15, 0.2) is 24.5 Å². The van der Waals surface area contributed by atoms with Gasteiger partial charge in [0.25, 0.3) is 0 Å². The number of ether oxygens (including phenoxy) is 1. The van der Waals surface area contributed by atoms with Gasteiger partial charge in [0.15, 0.2) is 0 Å². The maximum atomic E-state index is 8.76. The minimum Gasteiger partial charge on any atom is -0.379 e. The van der Waals surface area contributed by atoms with E-state index in [1.165, 1.54) is 31.2 Å². The van der Waals surface area contributed by atoms with Gasteiger partial charge < -0.3 is 10.1 Å². The van der Waals surface area contributed by atoms with Crippen LogP contribution < -0.4 is 5.32 Å². The molecule has 6 nitrogen and oxygen atoms in total. The first-order valence-corrected chi connectivity index (χ1v) is 10.5. The summed E-state index contributed by atoms with van der Waals surface area (Å²) in [4.78, 5) is 11.6. The lowest BCUT2D eigenvalue weighted by atomic mass is 9.90. The summed E-state index contributed by atoms with van der Waals surface area (Å²) in [5.41, 5.74) is 2.22. The van der Waals surface area contributed by atoms with E-state index in [0.29, 0.717) is 18.5 Å². The van der Waals surface area contributed by atoms with Gasteiger partial charge in [-0.15, -0.1) is 0 Å². The van der Waals surface area contributed by atoms with Gasteiger partial charge in [-0.3, -0.25) is 4.90 Å². The Balaban J connectivity index is 1.40. The Morgan fingerprint density at radius 2 is 1.96 bits per heavy atom. The summed E-state index contributed by atoms with van der Waals surface area (Å²) in [6.45, 7) is 3.91. The lowest BCUT2D eigenvalue weighted by molar-refractivity contribution is 0.00791. The molecule has 1 aliphatic heterocycles. The number of hydrogen-bond donors (Lipinski definition) is 1. The molecule has 1 aromatic carbocycles. The van der Waals surface area contributed by atoms with Crippen molar-refractivity contribution < 1.29 is 4.74 Å². The van der Waals surface area contributed by atoms with Crippen LogP contribution in [-0.4, -0.2) is 53.3 Å². The number of fused-ring (bicyclic) bond motifs is 1. The molecule has 28 heavy (non-hydrogen) atoms. The average molecular weight is 380 g/mol. The van der Waals surface area contributed by atoms with Crippen LogP contribution in [-0.2, 0) is 11.2 Å². The molecule has 1 saturated heterocycles. The lowest BCUT2D eigenvalue weighted by Crippen LogP contribution is -2.46. The second-order valence-electron chi connectivity index (χ2n) is 7.88. The molecule has 2 aromatic rings. The number of unbranched alkanes of at least 4 members (excludes halogenated alkanes) is 1. The van der Waals surface area contributed by atoms with Gasteiger partial charge in [-0.05, 0) is 56.2 Å². The van der Waals surface area contributed by atoms with Crippen molar-refractivity contribution in [3.8, 4) is 6.07 Å². The van der Waals surface area contributed by atoms with E-state index in [1.807, 2.05) is 0 Å². The molecule has 1 N–H and O–H groups in total. The van der Waals surface area contributed by atoms with Crippen LogP contribution in [0, 0.1) is 11.3 Å². The number of nitriles is 1. The monoisotopic (exact) mass is 379 g/mol. The topological polar surface area (TPSA) is 74.1 Å². The summed E-state index contributed by atoms with van der Waals surface area (Å²) in [6, 6.07) is 9.77. The van der Waals surface area contributed by atoms with Gasteiger partial charge in [0, 0.05) is 37.0 Å². The molecule has 0 amide bonds. The van der Waals surface area contributed by atoms with Crippen molar-refractivity contribution in [1.82, 2.24) is 14.9 Å². The first-order chi connectivity index (χ1) is 13.8. The second-order valence-corrected chi connectivity index (χ2v) is 7.88. The number of aryl methyl sites for hydroxylation is 1. The number of aromatic nitrogens is 2. The number of morpholine rings is 1. The van der Waals surface area contributed by atoms with Gasteiger partial charge in [0.1, 0.15) is 12.1 Å². The molecule has 0 atom stereocenters.